The van der Waals surface area contributed by atoms with E-state index in [1.54, 1.807) is 6.20 Å². The number of H-pyrrole nitrogens is 2. The maximum absolute atomic E-state index is 4.64. The number of hydrogen-bond donors (Lipinski definition) is 3. The summed E-state index contributed by atoms with van der Waals surface area (Å²) in [6.45, 7) is 4.21. The number of hydrogen-bond acceptors (Lipinski definition) is 5. The Balaban J connectivity index is 1.45. The molecule has 5 aromatic heterocycles. The molecule has 0 amide bonds. The van der Waals surface area contributed by atoms with Crippen molar-refractivity contribution < 1.29 is 0 Å². The summed E-state index contributed by atoms with van der Waals surface area (Å²) in [5.74, 6) is 0. The number of benzene rings is 1. The number of aromatic amines is 2. The van der Waals surface area contributed by atoms with E-state index in [0.29, 0.717) is 6.04 Å². The van der Waals surface area contributed by atoms with Gasteiger partial charge in [-0.3, -0.25) is 20.1 Å². The monoisotopic (exact) mass is 445 g/mol. The molecule has 5 heterocycles. The number of nitrogens with one attached hydrogen (secondary N) is 3. The summed E-state index contributed by atoms with van der Waals surface area (Å²) in [5.41, 5.74) is 8.74. The van der Waals surface area contributed by atoms with Crippen LogP contribution in [0.15, 0.2) is 79.5 Å². The largest absolute Gasteiger partial charge is 0.382 e. The van der Waals surface area contributed by atoms with E-state index in [1.807, 2.05) is 30.9 Å². The molecule has 0 fully saturated rings. The maximum Gasteiger partial charge on any atom is 0.116 e. The Hall–Kier alpha value is -4.52. The lowest BCUT2D eigenvalue weighted by atomic mass is 10.0. The van der Waals surface area contributed by atoms with E-state index >= 15 is 0 Å². The lowest BCUT2D eigenvalue weighted by Gasteiger charge is -2.10. The number of pyridine rings is 3. The van der Waals surface area contributed by atoms with Crippen molar-refractivity contribution in [2.75, 3.05) is 5.32 Å². The fourth-order valence-electron chi connectivity index (χ4n) is 4.33. The topological polar surface area (TPSA) is 95.2 Å². The van der Waals surface area contributed by atoms with Crippen LogP contribution in [0.4, 0.5) is 5.69 Å². The van der Waals surface area contributed by atoms with Crippen LogP contribution in [0, 0.1) is 0 Å². The molecule has 6 rings (SSSR count). The standard InChI is InChI=1S/C27H23N7/c1-16(2)31-19-9-18(13-29-14-19)24-11-22-26(15-30-24)33-34-27(22)25-10-21-20(6-3-7-23(21)32-25)17-5-4-8-28-12-17/h3-16,31-32H,1-2H3,(H,33,34). The fraction of sp³-hybridized carbons (Fsp3) is 0.111. The van der Waals surface area contributed by atoms with Crippen LogP contribution in [-0.2, 0) is 0 Å². The molecular weight excluding hydrogens is 422 g/mol. The highest BCUT2D eigenvalue weighted by atomic mass is 15.1. The van der Waals surface area contributed by atoms with Crippen LogP contribution >= 0.6 is 0 Å². The molecule has 7 nitrogen and oxygen atoms in total. The fourth-order valence-corrected chi connectivity index (χ4v) is 4.33. The molecule has 0 aliphatic rings. The highest BCUT2D eigenvalue weighted by molar-refractivity contribution is 6.01. The Bertz CT molecular complexity index is 1610. The summed E-state index contributed by atoms with van der Waals surface area (Å²) in [5, 5.41) is 13.3. The van der Waals surface area contributed by atoms with Gasteiger partial charge in [-0.1, -0.05) is 18.2 Å². The van der Waals surface area contributed by atoms with Gasteiger partial charge in [0.05, 0.1) is 28.8 Å². The average Bonchev–Trinajstić information content (AvgIpc) is 3.48. The normalized spacial score (nSPS) is 11.5. The van der Waals surface area contributed by atoms with Gasteiger partial charge in [0.1, 0.15) is 5.69 Å². The van der Waals surface area contributed by atoms with E-state index in [2.05, 4.69) is 91.8 Å². The first-order chi connectivity index (χ1) is 16.7. The van der Waals surface area contributed by atoms with Crippen LogP contribution in [-0.4, -0.2) is 36.2 Å². The van der Waals surface area contributed by atoms with E-state index in [1.165, 1.54) is 0 Å². The Morgan fingerprint density at radius 2 is 1.74 bits per heavy atom. The molecular formula is C27H23N7. The van der Waals surface area contributed by atoms with Crippen molar-refractivity contribution in [3.05, 3.63) is 79.5 Å². The van der Waals surface area contributed by atoms with Gasteiger partial charge in [-0.25, -0.2) is 0 Å². The summed E-state index contributed by atoms with van der Waals surface area (Å²) < 4.78 is 0. The van der Waals surface area contributed by atoms with Crippen LogP contribution < -0.4 is 5.32 Å². The average molecular weight is 446 g/mol. The molecule has 34 heavy (non-hydrogen) atoms. The molecule has 166 valence electrons. The Morgan fingerprint density at radius 1 is 0.824 bits per heavy atom. The van der Waals surface area contributed by atoms with Crippen LogP contribution in [0.2, 0.25) is 0 Å². The number of fused-ring (bicyclic) bond motifs is 2. The number of aromatic nitrogens is 6. The van der Waals surface area contributed by atoms with Crippen LogP contribution in [0.25, 0.3) is 55.6 Å². The lowest BCUT2D eigenvalue weighted by molar-refractivity contribution is 0.898. The van der Waals surface area contributed by atoms with E-state index < -0.39 is 0 Å². The van der Waals surface area contributed by atoms with Gasteiger partial charge in [-0.2, -0.15) is 5.10 Å². The predicted molar refractivity (Wildman–Crippen MR) is 136 cm³/mol. The molecule has 3 N–H and O–H groups in total. The van der Waals surface area contributed by atoms with E-state index in [0.717, 1.165) is 61.3 Å². The number of rotatable bonds is 5. The minimum Gasteiger partial charge on any atom is -0.382 e. The SMILES string of the molecule is CC(C)Nc1cncc(-c2cc3c(-c4cc5c(-c6cccnc6)cccc5[nH]4)n[nH]c3cn2)c1. The molecule has 7 heteroatoms. The summed E-state index contributed by atoms with van der Waals surface area (Å²) >= 11 is 0. The Kier molecular flexibility index (Phi) is 4.80. The van der Waals surface area contributed by atoms with Crippen LogP contribution in [0.1, 0.15) is 13.8 Å². The molecule has 0 spiro atoms. The molecule has 6 aromatic rings. The van der Waals surface area contributed by atoms with Gasteiger partial charge in [0.25, 0.3) is 0 Å². The molecule has 0 saturated heterocycles. The molecule has 0 radical (unpaired) electrons. The van der Waals surface area contributed by atoms with Gasteiger partial charge in [-0.15, -0.1) is 0 Å². The van der Waals surface area contributed by atoms with Crippen molar-refractivity contribution in [1.82, 2.24) is 30.1 Å². The first-order valence-corrected chi connectivity index (χ1v) is 11.2. The zero-order valence-electron chi connectivity index (χ0n) is 18.9. The minimum atomic E-state index is 0.325. The Morgan fingerprint density at radius 3 is 2.59 bits per heavy atom. The first-order valence-electron chi connectivity index (χ1n) is 11.2. The first kappa shape index (κ1) is 20.1. The summed E-state index contributed by atoms with van der Waals surface area (Å²) in [6, 6.07) is 16.9. The zero-order chi connectivity index (χ0) is 23.1. The summed E-state index contributed by atoms with van der Waals surface area (Å²) in [4.78, 5) is 16.9. The van der Waals surface area contributed by atoms with Crippen molar-refractivity contribution >= 4 is 27.5 Å². The van der Waals surface area contributed by atoms with Crippen molar-refractivity contribution in [2.45, 2.75) is 19.9 Å². The minimum absolute atomic E-state index is 0.325. The van der Waals surface area contributed by atoms with E-state index in [-0.39, 0.29) is 0 Å². The predicted octanol–water partition coefficient (Wildman–Crippen LogP) is 6.05. The lowest BCUT2D eigenvalue weighted by Crippen LogP contribution is -2.09. The zero-order valence-corrected chi connectivity index (χ0v) is 18.9. The van der Waals surface area contributed by atoms with E-state index in [9.17, 15) is 0 Å². The third-order valence-corrected chi connectivity index (χ3v) is 5.83. The van der Waals surface area contributed by atoms with Crippen molar-refractivity contribution in [1.29, 1.82) is 0 Å². The van der Waals surface area contributed by atoms with Gasteiger partial charge < -0.3 is 10.3 Å². The van der Waals surface area contributed by atoms with Crippen LogP contribution in [0.5, 0.6) is 0 Å². The third-order valence-electron chi connectivity index (χ3n) is 5.83. The molecule has 0 aliphatic carbocycles. The van der Waals surface area contributed by atoms with Crippen LogP contribution in [0.3, 0.4) is 0 Å². The smallest absolute Gasteiger partial charge is 0.116 e. The second-order valence-corrected chi connectivity index (χ2v) is 8.64. The third kappa shape index (κ3) is 3.57. The molecule has 0 unspecified atom stereocenters. The van der Waals surface area contributed by atoms with Gasteiger partial charge in [0.15, 0.2) is 0 Å². The molecule has 0 saturated carbocycles. The summed E-state index contributed by atoms with van der Waals surface area (Å²) in [7, 11) is 0. The number of anilines is 1. The van der Waals surface area contributed by atoms with E-state index in [4.69, 9.17) is 0 Å². The van der Waals surface area contributed by atoms with Gasteiger partial charge in [0.2, 0.25) is 0 Å². The maximum atomic E-state index is 4.64. The molecule has 0 atom stereocenters. The van der Waals surface area contributed by atoms with Crippen molar-refractivity contribution in [3.8, 4) is 33.8 Å². The second-order valence-electron chi connectivity index (χ2n) is 8.64. The molecule has 1 aromatic carbocycles. The quantitative estimate of drug-likeness (QED) is 0.300. The van der Waals surface area contributed by atoms with Crippen molar-refractivity contribution in [2.24, 2.45) is 0 Å². The molecule has 0 aliphatic heterocycles. The highest BCUT2D eigenvalue weighted by Crippen LogP contribution is 2.34. The van der Waals surface area contributed by atoms with Gasteiger partial charge >= 0.3 is 0 Å². The summed E-state index contributed by atoms with van der Waals surface area (Å²) in [6.07, 6.45) is 9.17. The highest BCUT2D eigenvalue weighted by Gasteiger charge is 2.15. The van der Waals surface area contributed by atoms with Crippen molar-refractivity contribution in [3.63, 3.8) is 0 Å². The van der Waals surface area contributed by atoms with Gasteiger partial charge in [0, 0.05) is 58.2 Å². The second kappa shape index (κ2) is 8.12. The Labute approximate surface area is 196 Å². The van der Waals surface area contributed by atoms with Gasteiger partial charge in [-0.05, 0) is 49.7 Å². The number of nitrogens with zero attached hydrogens (tertiary/aromatic N) is 4. The molecule has 0 bridgehead atoms.